The van der Waals surface area contributed by atoms with Gasteiger partial charge in [-0.05, 0) is 24.3 Å². The Kier molecular flexibility index (Phi) is 4.96. The van der Waals surface area contributed by atoms with Gasteiger partial charge in [0.15, 0.2) is 0 Å². The lowest BCUT2D eigenvalue weighted by Crippen LogP contribution is -2.12. The van der Waals surface area contributed by atoms with E-state index < -0.39 is 10.0 Å². The normalized spacial score (nSPS) is 10.8. The lowest BCUT2D eigenvalue weighted by molar-refractivity contribution is -0.140. The Morgan fingerprint density at radius 2 is 1.78 bits per heavy atom. The second-order valence-electron chi connectivity index (χ2n) is 3.72. The van der Waals surface area contributed by atoms with E-state index in [0.717, 1.165) is 11.9 Å². The highest BCUT2D eigenvalue weighted by Crippen LogP contribution is 2.14. The number of hydrogen-bond acceptors (Lipinski definition) is 5. The highest BCUT2D eigenvalue weighted by atomic mass is 32.2. The number of esters is 1. The Morgan fingerprint density at radius 3 is 2.28 bits per heavy atom. The molecule has 0 amide bonds. The molecule has 0 aliphatic heterocycles. The first kappa shape index (κ1) is 14.3. The van der Waals surface area contributed by atoms with Crippen LogP contribution in [0.3, 0.4) is 0 Å². The summed E-state index contributed by atoms with van der Waals surface area (Å²) < 4.78 is 29.1. The summed E-state index contributed by atoms with van der Waals surface area (Å²) in [7, 11) is -3.25. The van der Waals surface area contributed by atoms with Crippen molar-refractivity contribution in [1.29, 1.82) is 0 Å². The van der Waals surface area contributed by atoms with E-state index in [1.54, 1.807) is 24.3 Å². The Hall–Kier alpha value is -1.76. The van der Waals surface area contributed by atoms with Crippen LogP contribution in [0.4, 0.5) is 11.4 Å². The first-order chi connectivity index (χ1) is 8.37. The van der Waals surface area contributed by atoms with Crippen molar-refractivity contribution >= 4 is 27.4 Å². The van der Waals surface area contributed by atoms with Crippen molar-refractivity contribution in [2.24, 2.45) is 0 Å². The topological polar surface area (TPSA) is 84.5 Å². The van der Waals surface area contributed by atoms with Crippen LogP contribution in [0, 0.1) is 0 Å². The molecule has 0 aliphatic carbocycles. The van der Waals surface area contributed by atoms with Gasteiger partial charge in [-0.1, -0.05) is 0 Å². The van der Waals surface area contributed by atoms with Crippen molar-refractivity contribution in [3.05, 3.63) is 24.3 Å². The number of ether oxygens (including phenoxy) is 1. The van der Waals surface area contributed by atoms with Crippen molar-refractivity contribution < 1.29 is 17.9 Å². The van der Waals surface area contributed by atoms with Crippen LogP contribution >= 0.6 is 0 Å². The summed E-state index contributed by atoms with van der Waals surface area (Å²) in [4.78, 5) is 10.5. The monoisotopic (exact) mass is 272 g/mol. The van der Waals surface area contributed by atoms with Crippen LogP contribution in [0.15, 0.2) is 24.3 Å². The SMILES string of the molecule is CC(=O)OCCNc1ccc(NS(C)(=O)=O)cc1. The van der Waals surface area contributed by atoms with Crippen LogP contribution in [-0.4, -0.2) is 33.8 Å². The van der Waals surface area contributed by atoms with Gasteiger partial charge in [-0.15, -0.1) is 0 Å². The first-order valence-corrected chi connectivity index (χ1v) is 7.21. The third-order valence-corrected chi connectivity index (χ3v) is 2.53. The Morgan fingerprint density at radius 1 is 1.22 bits per heavy atom. The molecule has 1 rings (SSSR count). The van der Waals surface area contributed by atoms with Gasteiger partial charge in [0.2, 0.25) is 10.0 Å². The van der Waals surface area contributed by atoms with E-state index in [1.807, 2.05) is 0 Å². The third kappa shape index (κ3) is 6.09. The summed E-state index contributed by atoms with van der Waals surface area (Å²) in [5, 5.41) is 3.04. The van der Waals surface area contributed by atoms with Crippen molar-refractivity contribution in [3.63, 3.8) is 0 Å². The third-order valence-electron chi connectivity index (χ3n) is 1.92. The van der Waals surface area contributed by atoms with Gasteiger partial charge >= 0.3 is 5.97 Å². The minimum atomic E-state index is -3.25. The highest BCUT2D eigenvalue weighted by Gasteiger charge is 2.01. The number of benzene rings is 1. The molecule has 0 aromatic heterocycles. The lowest BCUT2D eigenvalue weighted by atomic mass is 10.3. The molecule has 0 spiro atoms. The van der Waals surface area contributed by atoms with Gasteiger partial charge in [0.05, 0.1) is 6.26 Å². The maximum Gasteiger partial charge on any atom is 0.302 e. The quantitative estimate of drug-likeness (QED) is 0.597. The molecule has 0 radical (unpaired) electrons. The summed E-state index contributed by atoms with van der Waals surface area (Å²) in [6.07, 6.45) is 1.10. The first-order valence-electron chi connectivity index (χ1n) is 5.32. The molecule has 0 saturated carbocycles. The molecule has 1 aromatic rings. The predicted molar refractivity (Wildman–Crippen MR) is 70.0 cm³/mol. The highest BCUT2D eigenvalue weighted by molar-refractivity contribution is 7.92. The number of carbonyl (C=O) groups excluding carboxylic acids is 1. The van der Waals surface area contributed by atoms with E-state index >= 15 is 0 Å². The maximum absolute atomic E-state index is 11.0. The van der Waals surface area contributed by atoms with E-state index in [4.69, 9.17) is 4.74 Å². The second-order valence-corrected chi connectivity index (χ2v) is 5.47. The number of rotatable bonds is 6. The summed E-state index contributed by atoms with van der Waals surface area (Å²) in [5.41, 5.74) is 1.32. The largest absolute Gasteiger partial charge is 0.464 e. The van der Waals surface area contributed by atoms with E-state index in [-0.39, 0.29) is 5.97 Å². The molecule has 0 saturated heterocycles. The van der Waals surface area contributed by atoms with Crippen molar-refractivity contribution in [2.45, 2.75) is 6.92 Å². The van der Waals surface area contributed by atoms with E-state index in [2.05, 4.69) is 10.0 Å². The summed E-state index contributed by atoms with van der Waals surface area (Å²) >= 11 is 0. The number of anilines is 2. The molecule has 7 heteroatoms. The van der Waals surface area contributed by atoms with E-state index in [0.29, 0.717) is 18.8 Å². The second kappa shape index (κ2) is 6.25. The molecular formula is C11H16N2O4S. The number of carbonyl (C=O) groups is 1. The molecule has 2 N–H and O–H groups in total. The van der Waals surface area contributed by atoms with Crippen LogP contribution in [0.1, 0.15) is 6.92 Å². The molecule has 18 heavy (non-hydrogen) atoms. The summed E-state index contributed by atoms with van der Waals surface area (Å²) in [5.74, 6) is -0.315. The van der Waals surface area contributed by atoms with E-state index in [1.165, 1.54) is 6.92 Å². The zero-order valence-electron chi connectivity index (χ0n) is 10.3. The molecule has 6 nitrogen and oxygen atoms in total. The van der Waals surface area contributed by atoms with E-state index in [9.17, 15) is 13.2 Å². The van der Waals surface area contributed by atoms with Gasteiger partial charge in [0, 0.05) is 24.8 Å². The summed E-state index contributed by atoms with van der Waals surface area (Å²) in [6, 6.07) is 6.77. The zero-order valence-corrected chi connectivity index (χ0v) is 11.1. The lowest BCUT2D eigenvalue weighted by Gasteiger charge is -2.08. The standard InChI is InChI=1S/C11H16N2O4S/c1-9(14)17-8-7-12-10-3-5-11(6-4-10)13-18(2,15)16/h3-6,12-13H,7-8H2,1-2H3. The number of nitrogens with one attached hydrogen (secondary N) is 2. The zero-order chi connectivity index (χ0) is 13.6. The Balaban J connectivity index is 2.43. The van der Waals surface area contributed by atoms with Crippen LogP contribution < -0.4 is 10.0 Å². The fourth-order valence-electron chi connectivity index (χ4n) is 1.26. The summed E-state index contributed by atoms with van der Waals surface area (Å²) in [6.45, 7) is 2.14. The molecule has 0 heterocycles. The molecular weight excluding hydrogens is 256 g/mol. The van der Waals surface area contributed by atoms with Gasteiger partial charge in [0.25, 0.3) is 0 Å². The fourth-order valence-corrected chi connectivity index (χ4v) is 1.82. The molecule has 0 bridgehead atoms. The molecule has 0 unspecified atom stereocenters. The average Bonchev–Trinajstić information content (AvgIpc) is 2.24. The van der Waals surface area contributed by atoms with Gasteiger partial charge in [-0.3, -0.25) is 9.52 Å². The molecule has 100 valence electrons. The maximum atomic E-state index is 11.0. The van der Waals surface area contributed by atoms with Crippen molar-refractivity contribution in [1.82, 2.24) is 0 Å². The minimum Gasteiger partial charge on any atom is -0.464 e. The van der Waals surface area contributed by atoms with Crippen molar-refractivity contribution in [2.75, 3.05) is 29.4 Å². The smallest absolute Gasteiger partial charge is 0.302 e. The van der Waals surface area contributed by atoms with Gasteiger partial charge < -0.3 is 10.1 Å². The van der Waals surface area contributed by atoms with Crippen LogP contribution in [0.2, 0.25) is 0 Å². The average molecular weight is 272 g/mol. The fraction of sp³-hybridized carbons (Fsp3) is 0.364. The number of sulfonamides is 1. The van der Waals surface area contributed by atoms with Crippen molar-refractivity contribution in [3.8, 4) is 0 Å². The minimum absolute atomic E-state index is 0.290. The Bertz CT molecular complexity index is 496. The van der Waals surface area contributed by atoms with Crippen LogP contribution in [-0.2, 0) is 19.6 Å². The molecule has 0 aliphatic rings. The van der Waals surface area contributed by atoms with Crippen LogP contribution in [0.5, 0.6) is 0 Å². The van der Waals surface area contributed by atoms with Gasteiger partial charge in [0.1, 0.15) is 6.61 Å². The van der Waals surface area contributed by atoms with Gasteiger partial charge in [-0.2, -0.15) is 0 Å². The molecule has 0 atom stereocenters. The molecule has 0 fully saturated rings. The Labute approximate surface area is 106 Å². The van der Waals surface area contributed by atoms with Crippen LogP contribution in [0.25, 0.3) is 0 Å². The number of hydrogen-bond donors (Lipinski definition) is 2. The van der Waals surface area contributed by atoms with Gasteiger partial charge in [-0.25, -0.2) is 8.42 Å². The molecule has 1 aromatic carbocycles. The predicted octanol–water partition coefficient (Wildman–Crippen LogP) is 1.03.